The summed E-state index contributed by atoms with van der Waals surface area (Å²) in [5.41, 5.74) is 9.07. The third kappa shape index (κ3) is 2.95. The SMILES string of the molecule is c1ccc(-c2nc3cc(-c4ccc5c(c4)c4ccccc4n5-c4ccccc4)ccc3[nH]2)cc1. The van der Waals surface area contributed by atoms with E-state index in [1.807, 2.05) is 18.2 Å². The predicted octanol–water partition coefficient (Wildman–Crippen LogP) is 7.99. The molecule has 0 saturated carbocycles. The van der Waals surface area contributed by atoms with Gasteiger partial charge in [0.1, 0.15) is 5.82 Å². The summed E-state index contributed by atoms with van der Waals surface area (Å²) in [6, 6.07) is 42.7. The van der Waals surface area contributed by atoms with Crippen LogP contribution < -0.4 is 0 Å². The van der Waals surface area contributed by atoms with Crippen molar-refractivity contribution in [1.29, 1.82) is 0 Å². The molecule has 0 aliphatic rings. The van der Waals surface area contributed by atoms with E-state index in [2.05, 4.69) is 113 Å². The first-order valence-corrected chi connectivity index (χ1v) is 11.5. The van der Waals surface area contributed by atoms with Crippen molar-refractivity contribution in [2.24, 2.45) is 0 Å². The Kier molecular flexibility index (Phi) is 4.15. The molecule has 3 heteroatoms. The number of hydrogen-bond acceptors (Lipinski definition) is 1. The van der Waals surface area contributed by atoms with Crippen LogP contribution in [0.5, 0.6) is 0 Å². The van der Waals surface area contributed by atoms with E-state index >= 15 is 0 Å². The van der Waals surface area contributed by atoms with Gasteiger partial charge in [0.2, 0.25) is 0 Å². The smallest absolute Gasteiger partial charge is 0.138 e. The van der Waals surface area contributed by atoms with Crippen LogP contribution in [0, 0.1) is 0 Å². The molecule has 2 aromatic heterocycles. The van der Waals surface area contributed by atoms with Crippen molar-refractivity contribution in [1.82, 2.24) is 14.5 Å². The number of nitrogens with one attached hydrogen (secondary N) is 1. The summed E-state index contributed by atoms with van der Waals surface area (Å²) in [7, 11) is 0. The van der Waals surface area contributed by atoms with E-state index in [9.17, 15) is 0 Å². The van der Waals surface area contributed by atoms with Gasteiger partial charge in [-0.25, -0.2) is 4.98 Å². The zero-order chi connectivity index (χ0) is 22.5. The van der Waals surface area contributed by atoms with Gasteiger partial charge in [0.25, 0.3) is 0 Å². The highest BCUT2D eigenvalue weighted by Gasteiger charge is 2.13. The molecule has 0 unspecified atom stereocenters. The Morgan fingerprint density at radius 2 is 1.21 bits per heavy atom. The fraction of sp³-hybridized carbons (Fsp3) is 0. The summed E-state index contributed by atoms with van der Waals surface area (Å²) < 4.78 is 2.34. The van der Waals surface area contributed by atoms with E-state index in [-0.39, 0.29) is 0 Å². The largest absolute Gasteiger partial charge is 0.338 e. The van der Waals surface area contributed by atoms with Gasteiger partial charge in [-0.2, -0.15) is 0 Å². The van der Waals surface area contributed by atoms with Gasteiger partial charge in [0.15, 0.2) is 0 Å². The molecule has 5 aromatic carbocycles. The van der Waals surface area contributed by atoms with Gasteiger partial charge < -0.3 is 9.55 Å². The van der Waals surface area contributed by atoms with Gasteiger partial charge in [0.05, 0.1) is 22.1 Å². The average Bonchev–Trinajstić information content (AvgIpc) is 3.48. The lowest BCUT2D eigenvalue weighted by Gasteiger charge is -2.08. The normalized spacial score (nSPS) is 11.5. The summed E-state index contributed by atoms with van der Waals surface area (Å²) in [6.45, 7) is 0. The molecule has 0 amide bonds. The number of hydrogen-bond donors (Lipinski definition) is 1. The lowest BCUT2D eigenvalue weighted by Crippen LogP contribution is -1.92. The molecule has 7 aromatic rings. The van der Waals surface area contributed by atoms with E-state index in [0.29, 0.717) is 0 Å². The number of aromatic nitrogens is 3. The molecule has 1 N–H and O–H groups in total. The predicted molar refractivity (Wildman–Crippen MR) is 141 cm³/mol. The van der Waals surface area contributed by atoms with Crippen molar-refractivity contribution in [3.8, 4) is 28.2 Å². The number of H-pyrrole nitrogens is 1. The van der Waals surface area contributed by atoms with E-state index in [4.69, 9.17) is 4.98 Å². The minimum absolute atomic E-state index is 0.897. The average molecular weight is 436 g/mol. The highest BCUT2D eigenvalue weighted by Crippen LogP contribution is 2.35. The number of para-hydroxylation sites is 2. The maximum atomic E-state index is 4.87. The Balaban J connectivity index is 1.39. The summed E-state index contributed by atoms with van der Waals surface area (Å²) in [4.78, 5) is 8.32. The van der Waals surface area contributed by atoms with Crippen LogP contribution in [-0.4, -0.2) is 14.5 Å². The molecule has 0 saturated heterocycles. The van der Waals surface area contributed by atoms with Crippen LogP contribution in [0.15, 0.2) is 121 Å². The summed E-state index contributed by atoms with van der Waals surface area (Å²) in [5, 5.41) is 2.51. The van der Waals surface area contributed by atoms with E-state index in [0.717, 1.165) is 28.0 Å². The van der Waals surface area contributed by atoms with Crippen molar-refractivity contribution in [2.45, 2.75) is 0 Å². The number of benzene rings is 5. The van der Waals surface area contributed by atoms with Crippen molar-refractivity contribution < 1.29 is 0 Å². The molecule has 7 rings (SSSR count). The highest BCUT2D eigenvalue weighted by molar-refractivity contribution is 6.10. The third-order valence-electron chi connectivity index (χ3n) is 6.55. The zero-order valence-electron chi connectivity index (χ0n) is 18.4. The summed E-state index contributed by atoms with van der Waals surface area (Å²) in [5.74, 6) is 0.897. The first-order valence-electron chi connectivity index (χ1n) is 11.5. The molecule has 160 valence electrons. The molecule has 0 aliphatic carbocycles. The molecule has 0 spiro atoms. The van der Waals surface area contributed by atoms with E-state index in [1.54, 1.807) is 0 Å². The number of aromatic amines is 1. The van der Waals surface area contributed by atoms with Crippen LogP contribution in [0.3, 0.4) is 0 Å². The molecule has 3 nitrogen and oxygen atoms in total. The maximum absolute atomic E-state index is 4.87. The molecule has 0 fully saturated rings. The molecule has 34 heavy (non-hydrogen) atoms. The first-order chi connectivity index (χ1) is 16.8. The second-order valence-electron chi connectivity index (χ2n) is 8.60. The zero-order valence-corrected chi connectivity index (χ0v) is 18.4. The Hall–Kier alpha value is -4.63. The van der Waals surface area contributed by atoms with Crippen LogP contribution in [0.4, 0.5) is 0 Å². The summed E-state index contributed by atoms with van der Waals surface area (Å²) >= 11 is 0. The molecule has 0 aliphatic heterocycles. The van der Waals surface area contributed by atoms with Crippen LogP contribution in [0.2, 0.25) is 0 Å². The first kappa shape index (κ1) is 18.9. The number of fused-ring (bicyclic) bond motifs is 4. The Morgan fingerprint density at radius 3 is 2.06 bits per heavy atom. The van der Waals surface area contributed by atoms with Crippen LogP contribution in [-0.2, 0) is 0 Å². The van der Waals surface area contributed by atoms with Crippen molar-refractivity contribution >= 4 is 32.8 Å². The van der Waals surface area contributed by atoms with Crippen LogP contribution >= 0.6 is 0 Å². The maximum Gasteiger partial charge on any atom is 0.138 e. The topological polar surface area (TPSA) is 33.6 Å². The fourth-order valence-electron chi connectivity index (χ4n) is 4.93. The number of imidazole rings is 1. The number of rotatable bonds is 3. The molecular weight excluding hydrogens is 414 g/mol. The molecule has 2 heterocycles. The molecule has 0 bridgehead atoms. The monoisotopic (exact) mass is 435 g/mol. The lowest BCUT2D eigenvalue weighted by molar-refractivity contribution is 1.18. The Morgan fingerprint density at radius 1 is 0.529 bits per heavy atom. The lowest BCUT2D eigenvalue weighted by atomic mass is 10.0. The van der Waals surface area contributed by atoms with E-state index in [1.165, 1.54) is 33.1 Å². The fourth-order valence-corrected chi connectivity index (χ4v) is 4.93. The quantitative estimate of drug-likeness (QED) is 0.300. The molecule has 0 atom stereocenters. The van der Waals surface area contributed by atoms with E-state index < -0.39 is 0 Å². The Bertz CT molecular complexity index is 1790. The van der Waals surface area contributed by atoms with Crippen molar-refractivity contribution in [3.05, 3.63) is 121 Å². The molecule has 0 radical (unpaired) electrons. The van der Waals surface area contributed by atoms with Gasteiger partial charge in [-0.15, -0.1) is 0 Å². The van der Waals surface area contributed by atoms with Crippen LogP contribution in [0.1, 0.15) is 0 Å². The standard InChI is InChI=1S/C31H21N3/c1-3-9-21(10-4-1)31-32-27-17-15-23(20-28(27)33-31)22-16-18-30-26(19-22)25-13-7-8-14-29(25)34(30)24-11-5-2-6-12-24/h1-20H,(H,32,33). The third-order valence-corrected chi connectivity index (χ3v) is 6.55. The Labute approximate surface area is 196 Å². The van der Waals surface area contributed by atoms with Crippen molar-refractivity contribution in [3.63, 3.8) is 0 Å². The minimum Gasteiger partial charge on any atom is -0.338 e. The van der Waals surface area contributed by atoms with Gasteiger partial charge in [-0.3, -0.25) is 0 Å². The number of nitrogens with zero attached hydrogens (tertiary/aromatic N) is 2. The van der Waals surface area contributed by atoms with Gasteiger partial charge in [-0.05, 0) is 53.6 Å². The van der Waals surface area contributed by atoms with Crippen molar-refractivity contribution in [2.75, 3.05) is 0 Å². The van der Waals surface area contributed by atoms with Gasteiger partial charge >= 0.3 is 0 Å². The second kappa shape index (κ2) is 7.46. The van der Waals surface area contributed by atoms with Crippen LogP contribution in [0.25, 0.3) is 61.0 Å². The highest BCUT2D eigenvalue weighted by atomic mass is 15.0. The van der Waals surface area contributed by atoms with Gasteiger partial charge in [-0.1, -0.05) is 78.9 Å². The second-order valence-corrected chi connectivity index (χ2v) is 8.60. The van der Waals surface area contributed by atoms with Gasteiger partial charge in [0, 0.05) is 22.0 Å². The molecular formula is C31H21N3. The minimum atomic E-state index is 0.897. The summed E-state index contributed by atoms with van der Waals surface area (Å²) in [6.07, 6.45) is 0.